The number of hydrazine groups is 1. The van der Waals surface area contributed by atoms with Crippen molar-refractivity contribution < 1.29 is 32.2 Å². The molecule has 3 N–H and O–H groups in total. The van der Waals surface area contributed by atoms with E-state index in [4.69, 9.17) is 14.2 Å². The lowest BCUT2D eigenvalue weighted by Crippen LogP contribution is -2.41. The van der Waals surface area contributed by atoms with Gasteiger partial charge in [0.05, 0.1) is 17.1 Å². The van der Waals surface area contributed by atoms with E-state index in [2.05, 4.69) is 15.6 Å². The molecule has 0 bridgehead atoms. The van der Waals surface area contributed by atoms with Crippen LogP contribution in [0.4, 0.5) is 5.69 Å². The maximum Gasteiger partial charge on any atom is 0.273 e. The molecule has 10 nitrogen and oxygen atoms in total. The van der Waals surface area contributed by atoms with Gasteiger partial charge in [0.25, 0.3) is 21.8 Å². The van der Waals surface area contributed by atoms with Gasteiger partial charge < -0.3 is 14.2 Å². The maximum atomic E-state index is 12.6. The van der Waals surface area contributed by atoms with Crippen molar-refractivity contribution in [3.8, 4) is 17.2 Å². The zero-order chi connectivity index (χ0) is 24.1. The number of anilines is 1. The highest BCUT2D eigenvalue weighted by Crippen LogP contribution is 2.35. The average Bonchev–Trinajstić information content (AvgIpc) is 3.32. The predicted octanol–water partition coefficient (Wildman–Crippen LogP) is 2.69. The number of hydrogen-bond donors (Lipinski definition) is 3. The summed E-state index contributed by atoms with van der Waals surface area (Å²) >= 11 is 0. The van der Waals surface area contributed by atoms with Gasteiger partial charge in [-0.25, -0.2) is 8.42 Å². The summed E-state index contributed by atoms with van der Waals surface area (Å²) in [6.45, 7) is 2.33. The van der Waals surface area contributed by atoms with E-state index in [9.17, 15) is 18.0 Å². The number of rotatable bonds is 7. The number of para-hydroxylation sites is 1. The smallest absolute Gasteiger partial charge is 0.273 e. The molecule has 0 saturated heterocycles. The number of nitrogens with one attached hydrogen (secondary N) is 3. The summed E-state index contributed by atoms with van der Waals surface area (Å²) in [5, 5.41) is 0. The number of sulfonamides is 1. The Bertz CT molecular complexity index is 1310. The molecule has 1 heterocycles. The Morgan fingerprint density at radius 1 is 0.912 bits per heavy atom. The first-order chi connectivity index (χ1) is 16.4. The molecular weight excluding hydrogens is 462 g/mol. The molecule has 4 rings (SSSR count). The van der Waals surface area contributed by atoms with Crippen molar-refractivity contribution in [2.24, 2.45) is 0 Å². The molecule has 0 unspecified atom stereocenters. The zero-order valence-electron chi connectivity index (χ0n) is 18.0. The first-order valence-electron chi connectivity index (χ1n) is 10.2. The second-order valence-electron chi connectivity index (χ2n) is 7.03. The lowest BCUT2D eigenvalue weighted by molar-refractivity contribution is 0.0844. The van der Waals surface area contributed by atoms with E-state index in [-0.39, 0.29) is 28.5 Å². The van der Waals surface area contributed by atoms with Gasteiger partial charge in [0.15, 0.2) is 11.5 Å². The van der Waals surface area contributed by atoms with Crippen molar-refractivity contribution in [2.75, 3.05) is 18.1 Å². The average molecular weight is 484 g/mol. The molecule has 0 saturated carbocycles. The fourth-order valence-corrected chi connectivity index (χ4v) is 4.21. The molecule has 0 aromatic heterocycles. The van der Waals surface area contributed by atoms with Gasteiger partial charge in [-0.1, -0.05) is 6.07 Å². The Kier molecular flexibility index (Phi) is 6.55. The van der Waals surface area contributed by atoms with Crippen LogP contribution in [-0.2, 0) is 10.0 Å². The maximum absolute atomic E-state index is 12.6. The van der Waals surface area contributed by atoms with Crippen molar-refractivity contribution in [1.82, 2.24) is 10.9 Å². The van der Waals surface area contributed by atoms with E-state index in [1.807, 2.05) is 6.92 Å². The Hall–Kier alpha value is -4.25. The van der Waals surface area contributed by atoms with Crippen LogP contribution in [0.25, 0.3) is 0 Å². The standard InChI is InChI=1S/C23H21N3O7S/c1-2-31-17-10-12-18(13-11-17)34(29,30)26-16-8-6-15(7-9-16)22(27)24-25-23(28)19-4-3-5-20-21(19)33-14-32-20/h3-13,26H,2,14H2,1H3,(H,24,27)(H,25,28). The lowest BCUT2D eigenvalue weighted by atomic mass is 10.2. The number of carbonyl (C=O) groups excluding carboxylic acids is 2. The molecule has 1 aliphatic rings. The zero-order valence-corrected chi connectivity index (χ0v) is 18.8. The topological polar surface area (TPSA) is 132 Å². The number of fused-ring (bicyclic) bond motifs is 1. The largest absolute Gasteiger partial charge is 0.494 e. The van der Waals surface area contributed by atoms with E-state index in [0.29, 0.717) is 23.9 Å². The van der Waals surface area contributed by atoms with Gasteiger partial charge in [0, 0.05) is 11.3 Å². The summed E-state index contributed by atoms with van der Waals surface area (Å²) in [7, 11) is -3.82. The van der Waals surface area contributed by atoms with Gasteiger partial charge in [-0.3, -0.25) is 25.2 Å². The summed E-state index contributed by atoms with van der Waals surface area (Å²) in [6, 6.07) is 16.6. The number of carbonyl (C=O) groups is 2. The summed E-state index contributed by atoms with van der Waals surface area (Å²) < 4.78 is 43.5. The van der Waals surface area contributed by atoms with Crippen LogP contribution < -0.4 is 29.8 Å². The highest BCUT2D eigenvalue weighted by molar-refractivity contribution is 7.92. The van der Waals surface area contributed by atoms with Gasteiger partial charge in [-0.15, -0.1) is 0 Å². The number of amides is 2. The first kappa shape index (κ1) is 22.9. The molecule has 11 heteroatoms. The molecule has 0 atom stereocenters. The van der Waals surface area contributed by atoms with E-state index < -0.39 is 21.8 Å². The van der Waals surface area contributed by atoms with Gasteiger partial charge in [0.2, 0.25) is 6.79 Å². The molecule has 176 valence electrons. The van der Waals surface area contributed by atoms with Gasteiger partial charge >= 0.3 is 0 Å². The van der Waals surface area contributed by atoms with E-state index in [1.165, 1.54) is 36.4 Å². The minimum atomic E-state index is -3.82. The van der Waals surface area contributed by atoms with E-state index in [0.717, 1.165) is 0 Å². The fourth-order valence-electron chi connectivity index (χ4n) is 3.15. The Morgan fingerprint density at radius 3 is 2.32 bits per heavy atom. The molecular formula is C23H21N3O7S. The minimum absolute atomic E-state index is 0.0146. The normalized spacial score (nSPS) is 12.0. The molecule has 0 spiro atoms. The summed E-state index contributed by atoms with van der Waals surface area (Å²) in [5.41, 5.74) is 5.33. The van der Waals surface area contributed by atoms with Crippen molar-refractivity contribution in [3.63, 3.8) is 0 Å². The third-order valence-corrected chi connectivity index (χ3v) is 6.17. The monoisotopic (exact) mass is 483 g/mol. The van der Waals surface area contributed by atoms with Crippen LogP contribution in [0.15, 0.2) is 71.6 Å². The van der Waals surface area contributed by atoms with Crippen LogP contribution >= 0.6 is 0 Å². The summed E-state index contributed by atoms with van der Waals surface area (Å²) in [4.78, 5) is 24.9. The molecule has 1 aliphatic heterocycles. The second-order valence-corrected chi connectivity index (χ2v) is 8.72. The Labute approximate surface area is 195 Å². The summed E-state index contributed by atoms with van der Waals surface area (Å²) in [5.74, 6) is 0.163. The van der Waals surface area contributed by atoms with Crippen LogP contribution in [0.1, 0.15) is 27.6 Å². The molecule has 0 fully saturated rings. The van der Waals surface area contributed by atoms with Crippen LogP contribution in [0.3, 0.4) is 0 Å². The quantitative estimate of drug-likeness (QED) is 0.440. The molecule has 2 amide bonds. The minimum Gasteiger partial charge on any atom is -0.494 e. The van der Waals surface area contributed by atoms with Gasteiger partial charge in [-0.05, 0) is 67.6 Å². The Morgan fingerprint density at radius 2 is 1.62 bits per heavy atom. The van der Waals surface area contributed by atoms with Crippen molar-refractivity contribution in [1.29, 1.82) is 0 Å². The fraction of sp³-hybridized carbons (Fsp3) is 0.130. The molecule has 0 radical (unpaired) electrons. The van der Waals surface area contributed by atoms with Crippen LogP contribution in [0.2, 0.25) is 0 Å². The molecule has 34 heavy (non-hydrogen) atoms. The molecule has 3 aromatic carbocycles. The van der Waals surface area contributed by atoms with Crippen molar-refractivity contribution in [2.45, 2.75) is 11.8 Å². The molecule has 3 aromatic rings. The SMILES string of the molecule is CCOc1ccc(S(=O)(=O)Nc2ccc(C(=O)NNC(=O)c3cccc4c3OCO4)cc2)cc1. The highest BCUT2D eigenvalue weighted by atomic mass is 32.2. The van der Waals surface area contributed by atoms with Crippen molar-refractivity contribution >= 4 is 27.5 Å². The highest BCUT2D eigenvalue weighted by Gasteiger charge is 2.22. The third-order valence-electron chi connectivity index (χ3n) is 4.78. The second kappa shape index (κ2) is 9.71. The Balaban J connectivity index is 1.36. The number of benzene rings is 3. The molecule has 0 aliphatic carbocycles. The number of hydrogen-bond acceptors (Lipinski definition) is 7. The lowest BCUT2D eigenvalue weighted by Gasteiger charge is -2.11. The van der Waals surface area contributed by atoms with Crippen molar-refractivity contribution in [3.05, 3.63) is 77.9 Å². The summed E-state index contributed by atoms with van der Waals surface area (Å²) in [6.07, 6.45) is 0. The van der Waals surface area contributed by atoms with Crippen LogP contribution in [0.5, 0.6) is 17.2 Å². The van der Waals surface area contributed by atoms with Crippen LogP contribution in [-0.4, -0.2) is 33.6 Å². The van der Waals surface area contributed by atoms with Gasteiger partial charge in [-0.2, -0.15) is 0 Å². The van der Waals surface area contributed by atoms with E-state index in [1.54, 1.807) is 30.3 Å². The van der Waals surface area contributed by atoms with Gasteiger partial charge in [0.1, 0.15) is 5.75 Å². The first-order valence-corrected chi connectivity index (χ1v) is 11.7. The number of ether oxygens (including phenoxy) is 3. The third kappa shape index (κ3) is 5.04. The predicted molar refractivity (Wildman–Crippen MR) is 122 cm³/mol. The van der Waals surface area contributed by atoms with E-state index >= 15 is 0 Å². The van der Waals surface area contributed by atoms with Crippen LogP contribution in [0, 0.1) is 0 Å².